The van der Waals surface area contributed by atoms with Crippen molar-refractivity contribution in [2.75, 3.05) is 39.6 Å². The Labute approximate surface area is 562 Å². The van der Waals surface area contributed by atoms with Crippen LogP contribution in [-0.2, 0) is 65.4 Å². The van der Waals surface area contributed by atoms with Gasteiger partial charge in [-0.2, -0.15) is 0 Å². The minimum atomic E-state index is -4.96. The molecular weight excluding hydrogens is 1210 g/mol. The Bertz CT molecular complexity index is 1820. The molecule has 0 aromatic carbocycles. The molecule has 0 saturated carbocycles. The number of hydrogen-bond acceptors (Lipinski definition) is 15. The van der Waals surface area contributed by atoms with Gasteiger partial charge in [-0.05, 0) is 49.4 Å². The molecule has 3 N–H and O–H groups in total. The van der Waals surface area contributed by atoms with Gasteiger partial charge in [0.15, 0.2) is 12.2 Å². The van der Waals surface area contributed by atoms with Crippen LogP contribution in [0.4, 0.5) is 0 Å². The van der Waals surface area contributed by atoms with E-state index in [1.165, 1.54) is 161 Å². The van der Waals surface area contributed by atoms with Crippen LogP contribution < -0.4 is 0 Å². The molecule has 0 spiro atoms. The van der Waals surface area contributed by atoms with Gasteiger partial charge in [-0.15, -0.1) is 0 Å². The second-order valence-corrected chi connectivity index (χ2v) is 30.9. The minimum absolute atomic E-state index is 0.102. The van der Waals surface area contributed by atoms with E-state index in [9.17, 15) is 43.2 Å². The van der Waals surface area contributed by atoms with Crippen molar-refractivity contribution in [2.24, 2.45) is 23.7 Å². The van der Waals surface area contributed by atoms with E-state index in [1.807, 2.05) is 0 Å². The van der Waals surface area contributed by atoms with Gasteiger partial charge in [0.25, 0.3) is 0 Å². The summed E-state index contributed by atoms with van der Waals surface area (Å²) in [4.78, 5) is 72.6. The van der Waals surface area contributed by atoms with Gasteiger partial charge in [-0.25, -0.2) is 9.13 Å². The Kier molecular flexibility index (Phi) is 61.3. The van der Waals surface area contributed by atoms with E-state index in [0.29, 0.717) is 37.5 Å². The molecule has 6 atom stereocenters. The summed E-state index contributed by atoms with van der Waals surface area (Å²) in [6.45, 7) is 14.1. The van der Waals surface area contributed by atoms with Gasteiger partial charge in [0.05, 0.1) is 26.4 Å². The maximum Gasteiger partial charge on any atom is 0.472 e. The van der Waals surface area contributed by atoms with Gasteiger partial charge in [0.2, 0.25) is 0 Å². The van der Waals surface area contributed by atoms with Gasteiger partial charge in [0.1, 0.15) is 19.3 Å². The van der Waals surface area contributed by atoms with Crippen LogP contribution in [0.5, 0.6) is 0 Å². The van der Waals surface area contributed by atoms with Crippen LogP contribution in [0.15, 0.2) is 0 Å². The summed E-state index contributed by atoms with van der Waals surface area (Å²) in [6.07, 6.45) is 46.0. The van der Waals surface area contributed by atoms with E-state index in [0.717, 1.165) is 108 Å². The van der Waals surface area contributed by atoms with E-state index in [-0.39, 0.29) is 25.7 Å². The highest BCUT2D eigenvalue weighted by Gasteiger charge is 2.30. The van der Waals surface area contributed by atoms with Crippen molar-refractivity contribution in [3.8, 4) is 0 Å². The number of unbranched alkanes of at least 4 members (excludes halogenated alkanes) is 35. The largest absolute Gasteiger partial charge is 0.472 e. The first-order valence-corrected chi connectivity index (χ1v) is 40.7. The fourth-order valence-corrected chi connectivity index (χ4v) is 12.6. The lowest BCUT2D eigenvalue weighted by molar-refractivity contribution is -0.161. The van der Waals surface area contributed by atoms with E-state index in [2.05, 4.69) is 55.4 Å². The lowest BCUT2D eigenvalue weighted by atomic mass is 9.99. The molecule has 546 valence electrons. The molecule has 0 aromatic heterocycles. The lowest BCUT2D eigenvalue weighted by Gasteiger charge is -2.21. The molecule has 0 amide bonds. The second kappa shape index (κ2) is 62.6. The number of ether oxygens (including phenoxy) is 4. The molecule has 92 heavy (non-hydrogen) atoms. The van der Waals surface area contributed by atoms with E-state index < -0.39 is 97.5 Å². The van der Waals surface area contributed by atoms with Crippen molar-refractivity contribution in [3.05, 3.63) is 0 Å². The fourth-order valence-electron chi connectivity index (χ4n) is 11.0. The highest BCUT2D eigenvalue weighted by atomic mass is 31.2. The fraction of sp³-hybridized carbons (Fsp3) is 0.945. The predicted molar refractivity (Wildman–Crippen MR) is 372 cm³/mol. The average molecular weight is 1350 g/mol. The monoisotopic (exact) mass is 1350 g/mol. The molecule has 0 bridgehead atoms. The minimum Gasteiger partial charge on any atom is -0.462 e. The Hall–Kier alpha value is -1.94. The van der Waals surface area contributed by atoms with Crippen LogP contribution in [0, 0.1) is 23.7 Å². The third-order valence-electron chi connectivity index (χ3n) is 17.2. The summed E-state index contributed by atoms with van der Waals surface area (Å²) in [5.41, 5.74) is 0. The first kappa shape index (κ1) is 90.1. The zero-order valence-electron chi connectivity index (χ0n) is 60.2. The zero-order chi connectivity index (χ0) is 68.2. The van der Waals surface area contributed by atoms with Crippen LogP contribution in [-0.4, -0.2) is 96.7 Å². The molecule has 0 radical (unpaired) electrons. The number of hydrogen-bond donors (Lipinski definition) is 3. The number of aliphatic hydroxyl groups is 1. The lowest BCUT2D eigenvalue weighted by Crippen LogP contribution is -2.30. The summed E-state index contributed by atoms with van der Waals surface area (Å²) >= 11 is 0. The molecule has 0 heterocycles. The number of carbonyl (C=O) groups excluding carboxylic acids is 4. The summed E-state index contributed by atoms with van der Waals surface area (Å²) in [5.74, 6) is 0.888. The average Bonchev–Trinajstić information content (AvgIpc) is 2.29. The van der Waals surface area contributed by atoms with Crippen molar-refractivity contribution < 1.29 is 80.2 Å². The molecule has 0 aromatic rings. The number of phosphoric acid groups is 2. The maximum atomic E-state index is 13.1. The summed E-state index contributed by atoms with van der Waals surface area (Å²) in [5, 5.41) is 10.6. The summed E-state index contributed by atoms with van der Waals surface area (Å²) in [6, 6.07) is 0. The number of phosphoric ester groups is 2. The Balaban J connectivity index is 5.22. The van der Waals surface area contributed by atoms with Crippen molar-refractivity contribution >= 4 is 39.5 Å². The number of esters is 4. The topological polar surface area (TPSA) is 237 Å². The van der Waals surface area contributed by atoms with Crippen molar-refractivity contribution in [1.82, 2.24) is 0 Å². The maximum absolute atomic E-state index is 13.1. The second-order valence-electron chi connectivity index (χ2n) is 28.0. The summed E-state index contributed by atoms with van der Waals surface area (Å²) < 4.78 is 68.3. The third kappa shape index (κ3) is 65.4. The van der Waals surface area contributed by atoms with Gasteiger partial charge < -0.3 is 33.8 Å². The third-order valence-corrected chi connectivity index (χ3v) is 19.1. The number of carbonyl (C=O) groups is 4. The van der Waals surface area contributed by atoms with Crippen LogP contribution in [0.1, 0.15) is 364 Å². The van der Waals surface area contributed by atoms with Crippen LogP contribution in [0.2, 0.25) is 0 Å². The molecule has 0 aliphatic rings. The van der Waals surface area contributed by atoms with Crippen LogP contribution in [0.25, 0.3) is 0 Å². The van der Waals surface area contributed by atoms with E-state index in [1.54, 1.807) is 0 Å². The molecule has 0 saturated heterocycles. The molecule has 0 rings (SSSR count). The van der Waals surface area contributed by atoms with Crippen molar-refractivity contribution in [2.45, 2.75) is 382 Å². The number of rotatable bonds is 70. The molecule has 0 aliphatic carbocycles. The highest BCUT2D eigenvalue weighted by Crippen LogP contribution is 2.45. The van der Waals surface area contributed by atoms with Gasteiger partial charge in [-0.3, -0.25) is 37.3 Å². The van der Waals surface area contributed by atoms with Crippen LogP contribution in [0.3, 0.4) is 0 Å². The zero-order valence-corrected chi connectivity index (χ0v) is 62.0. The molecule has 19 heteroatoms. The number of aliphatic hydroxyl groups excluding tert-OH is 1. The molecule has 0 aliphatic heterocycles. The SMILES string of the molecule is CCC(C)CCCCCCCCCCCCCCCCC(=O)OC[C@H](COP(=O)(O)OCC(O)COP(=O)(O)OC[C@@H](COC(=O)CCCCCCCCCC(C)C)OC(=O)CCCCCCCCCC(C)C)OC(=O)CCCCCCCCCCCCCC(C)C. The predicted octanol–water partition coefficient (Wildman–Crippen LogP) is 20.9. The Morgan fingerprint density at radius 1 is 0.304 bits per heavy atom. The Morgan fingerprint density at radius 3 is 0.772 bits per heavy atom. The van der Waals surface area contributed by atoms with E-state index in [4.69, 9.17) is 37.0 Å². The van der Waals surface area contributed by atoms with Crippen molar-refractivity contribution in [1.29, 1.82) is 0 Å². The normalized spacial score (nSPS) is 14.5. The molecular formula is C73H142O17P2. The molecule has 0 fully saturated rings. The first-order chi connectivity index (χ1) is 44.1. The van der Waals surface area contributed by atoms with Gasteiger partial charge in [-0.1, -0.05) is 312 Å². The van der Waals surface area contributed by atoms with Gasteiger partial charge >= 0.3 is 39.5 Å². The van der Waals surface area contributed by atoms with Crippen molar-refractivity contribution in [3.63, 3.8) is 0 Å². The Morgan fingerprint density at radius 2 is 0.522 bits per heavy atom. The molecule has 4 unspecified atom stereocenters. The van der Waals surface area contributed by atoms with E-state index >= 15 is 0 Å². The van der Waals surface area contributed by atoms with Gasteiger partial charge in [0, 0.05) is 25.7 Å². The summed E-state index contributed by atoms with van der Waals surface area (Å²) in [7, 11) is -9.91. The first-order valence-electron chi connectivity index (χ1n) is 37.7. The molecule has 17 nitrogen and oxygen atoms in total. The smallest absolute Gasteiger partial charge is 0.462 e. The highest BCUT2D eigenvalue weighted by molar-refractivity contribution is 7.47. The standard InChI is InChI=1S/C73H142O17P2/c1-9-66(8)52-44-36-28-20-16-12-10-11-13-17-21-29-37-45-53-70(75)83-59-68(89-72(77)55-47-39-30-22-18-14-15-19-25-33-41-49-63(2)3)61-87-91(79,80)85-57-67(74)58-86-92(81,82)88-62-69(90-73(78)56-48-40-32-24-27-35-43-51-65(6)7)60-84-71(76)54-46-38-31-23-26-34-42-50-64(4)5/h63-69,74H,9-62H2,1-8H3,(H,79,80)(H,81,82)/t66?,67?,68-,69-/m1/s1. The quantitative estimate of drug-likeness (QED) is 0.0222. The van der Waals surface area contributed by atoms with Crippen LogP contribution >= 0.6 is 15.6 Å².